The number of fused-ring (bicyclic) bond motifs is 1. The summed E-state index contributed by atoms with van der Waals surface area (Å²) in [6.07, 6.45) is 6.04. The van der Waals surface area contributed by atoms with Gasteiger partial charge in [0.2, 0.25) is 0 Å². The first-order valence-electron chi connectivity index (χ1n) is 9.74. The van der Waals surface area contributed by atoms with Gasteiger partial charge in [-0.1, -0.05) is 24.3 Å². The number of carboxylic acids is 1. The second-order valence-corrected chi connectivity index (χ2v) is 7.09. The maximum atomic E-state index is 11.5. The topological polar surface area (TPSA) is 70.9 Å². The van der Waals surface area contributed by atoms with Crippen molar-refractivity contribution in [3.8, 4) is 11.5 Å². The van der Waals surface area contributed by atoms with E-state index in [0.29, 0.717) is 18.2 Å². The molecule has 29 heavy (non-hydrogen) atoms. The fourth-order valence-corrected chi connectivity index (χ4v) is 3.65. The number of para-hydroxylation sites is 1. The van der Waals surface area contributed by atoms with E-state index in [1.165, 1.54) is 23.4 Å². The molecule has 0 spiro atoms. The molecule has 150 valence electrons. The third-order valence-electron chi connectivity index (χ3n) is 5.13. The molecule has 0 aliphatic heterocycles. The zero-order valence-electron chi connectivity index (χ0n) is 16.6. The van der Waals surface area contributed by atoms with Crippen molar-refractivity contribution in [2.75, 3.05) is 6.54 Å². The number of hydrogen-bond donors (Lipinski definition) is 2. The summed E-state index contributed by atoms with van der Waals surface area (Å²) in [6.45, 7) is 5.81. The van der Waals surface area contributed by atoms with Gasteiger partial charge in [0.1, 0.15) is 11.5 Å². The molecule has 3 rings (SSSR count). The van der Waals surface area contributed by atoms with E-state index in [4.69, 9.17) is 4.74 Å². The lowest BCUT2D eigenvalue weighted by Gasteiger charge is -2.27. The van der Waals surface area contributed by atoms with Gasteiger partial charge < -0.3 is 15.2 Å². The third kappa shape index (κ3) is 5.35. The minimum atomic E-state index is -0.985. The number of carboxylic acid groups (broad SMARTS) is 1. The van der Waals surface area contributed by atoms with Crippen LogP contribution in [0.15, 0.2) is 77.1 Å². The third-order valence-corrected chi connectivity index (χ3v) is 5.13. The van der Waals surface area contributed by atoms with Crippen LogP contribution in [-0.4, -0.2) is 24.3 Å². The number of allylic oxidation sites excluding steroid dienone is 1. The van der Waals surface area contributed by atoms with Crippen LogP contribution in [0, 0.1) is 0 Å². The van der Waals surface area contributed by atoms with Gasteiger partial charge in [0.05, 0.1) is 5.57 Å². The van der Waals surface area contributed by atoms with Gasteiger partial charge in [-0.25, -0.2) is 4.79 Å². The van der Waals surface area contributed by atoms with E-state index < -0.39 is 5.97 Å². The summed E-state index contributed by atoms with van der Waals surface area (Å²) in [7, 11) is 0. The highest BCUT2D eigenvalue weighted by atomic mass is 16.5. The number of aliphatic imine (C=N–C) groups is 1. The van der Waals surface area contributed by atoms with E-state index in [0.717, 1.165) is 30.8 Å². The SMILES string of the molecule is C=N/C=C\C(C(=O)O)=C(/C)NCC1CCCc2cc(Oc3ccccc3)ccc21. The van der Waals surface area contributed by atoms with Crippen molar-refractivity contribution in [2.24, 2.45) is 4.99 Å². The molecule has 0 amide bonds. The van der Waals surface area contributed by atoms with E-state index in [1.807, 2.05) is 36.4 Å². The van der Waals surface area contributed by atoms with Crippen molar-refractivity contribution < 1.29 is 14.6 Å². The van der Waals surface area contributed by atoms with Crippen molar-refractivity contribution in [1.82, 2.24) is 5.32 Å². The number of ether oxygens (including phenoxy) is 1. The second-order valence-electron chi connectivity index (χ2n) is 7.09. The first-order chi connectivity index (χ1) is 14.1. The van der Waals surface area contributed by atoms with Crippen LogP contribution in [0.4, 0.5) is 0 Å². The van der Waals surface area contributed by atoms with Crippen LogP contribution in [0.1, 0.15) is 36.8 Å². The monoisotopic (exact) mass is 390 g/mol. The van der Waals surface area contributed by atoms with Gasteiger partial charge in [-0.15, -0.1) is 0 Å². The summed E-state index contributed by atoms with van der Waals surface area (Å²) in [5.74, 6) is 1.01. The average molecular weight is 390 g/mol. The molecule has 0 saturated heterocycles. The summed E-state index contributed by atoms with van der Waals surface area (Å²) >= 11 is 0. The number of rotatable bonds is 8. The van der Waals surface area contributed by atoms with E-state index in [-0.39, 0.29) is 5.57 Å². The first kappa shape index (κ1) is 20.4. The molecule has 5 nitrogen and oxygen atoms in total. The van der Waals surface area contributed by atoms with Crippen molar-refractivity contribution in [1.29, 1.82) is 0 Å². The second kappa shape index (κ2) is 9.73. The zero-order valence-corrected chi connectivity index (χ0v) is 16.6. The molecule has 0 heterocycles. The van der Waals surface area contributed by atoms with Crippen molar-refractivity contribution >= 4 is 12.7 Å². The Balaban J connectivity index is 1.72. The lowest BCUT2D eigenvalue weighted by molar-refractivity contribution is -0.132. The quantitative estimate of drug-likeness (QED) is 0.375. The molecular formula is C24H26N2O3. The minimum absolute atomic E-state index is 0.194. The van der Waals surface area contributed by atoms with Crippen molar-refractivity contribution in [2.45, 2.75) is 32.1 Å². The van der Waals surface area contributed by atoms with Gasteiger partial charge in [-0.3, -0.25) is 4.99 Å². The maximum absolute atomic E-state index is 11.5. The van der Waals surface area contributed by atoms with Gasteiger partial charge in [-0.2, -0.15) is 0 Å². The number of nitrogens with one attached hydrogen (secondary N) is 1. The summed E-state index contributed by atoms with van der Waals surface area (Å²) in [4.78, 5) is 15.0. The Kier molecular flexibility index (Phi) is 6.85. The molecule has 0 radical (unpaired) electrons. The largest absolute Gasteiger partial charge is 0.478 e. The number of nitrogens with zero attached hydrogens (tertiary/aromatic N) is 1. The number of aryl methyl sites for hydroxylation is 1. The molecule has 5 heteroatoms. The Hall–Kier alpha value is -3.34. The highest BCUT2D eigenvalue weighted by molar-refractivity contribution is 5.90. The Labute approximate surface area is 171 Å². The zero-order chi connectivity index (χ0) is 20.6. The fraction of sp³-hybridized carbons (Fsp3) is 0.250. The molecule has 1 unspecified atom stereocenters. The predicted octanol–water partition coefficient (Wildman–Crippen LogP) is 5.06. The lowest BCUT2D eigenvalue weighted by atomic mass is 9.82. The molecule has 1 atom stereocenters. The maximum Gasteiger partial charge on any atom is 0.337 e. The van der Waals surface area contributed by atoms with Crippen molar-refractivity contribution in [3.05, 3.63) is 83.2 Å². The van der Waals surface area contributed by atoms with E-state index in [2.05, 4.69) is 29.2 Å². The lowest BCUT2D eigenvalue weighted by Crippen LogP contribution is -2.25. The minimum Gasteiger partial charge on any atom is -0.478 e. The standard InChI is InChI=1S/C24H26N2O3/c1-17(22(24(27)28)13-14-25-2)26-16-19-8-6-7-18-15-21(11-12-23(18)19)29-20-9-4-3-5-10-20/h3-5,9-15,19,26H,2,6-8,16H2,1H3,(H,27,28)/b14-13-,22-17-. The van der Waals surface area contributed by atoms with Crippen LogP contribution < -0.4 is 10.1 Å². The molecule has 2 aromatic rings. The number of benzene rings is 2. The predicted molar refractivity (Wildman–Crippen MR) is 116 cm³/mol. The number of aliphatic carboxylic acids is 1. The van der Waals surface area contributed by atoms with Gasteiger partial charge >= 0.3 is 5.97 Å². The van der Waals surface area contributed by atoms with E-state index >= 15 is 0 Å². The normalized spacial score (nSPS) is 16.7. The van der Waals surface area contributed by atoms with Gasteiger partial charge in [0.15, 0.2) is 0 Å². The molecule has 2 aromatic carbocycles. The fourth-order valence-electron chi connectivity index (χ4n) is 3.65. The van der Waals surface area contributed by atoms with Crippen molar-refractivity contribution in [3.63, 3.8) is 0 Å². The Bertz CT molecular complexity index is 932. The Morgan fingerprint density at radius 3 is 2.79 bits per heavy atom. The molecule has 0 bridgehead atoms. The summed E-state index contributed by atoms with van der Waals surface area (Å²) in [5.41, 5.74) is 3.41. The molecule has 0 aromatic heterocycles. The highest BCUT2D eigenvalue weighted by Crippen LogP contribution is 2.34. The van der Waals surface area contributed by atoms with Crippen LogP contribution in [0.25, 0.3) is 0 Å². The van der Waals surface area contributed by atoms with Crippen LogP contribution in [0.2, 0.25) is 0 Å². The highest BCUT2D eigenvalue weighted by Gasteiger charge is 2.21. The van der Waals surface area contributed by atoms with Crippen LogP contribution in [0.5, 0.6) is 11.5 Å². The van der Waals surface area contributed by atoms with Gasteiger partial charge in [0, 0.05) is 24.4 Å². The molecule has 1 aliphatic carbocycles. The smallest absolute Gasteiger partial charge is 0.337 e. The number of hydrogen-bond acceptors (Lipinski definition) is 4. The van der Waals surface area contributed by atoms with Crippen LogP contribution >= 0.6 is 0 Å². The number of carbonyl (C=O) groups is 1. The molecular weight excluding hydrogens is 364 g/mol. The summed E-state index contributed by atoms with van der Waals surface area (Å²) in [5, 5.41) is 12.7. The molecule has 2 N–H and O–H groups in total. The van der Waals surface area contributed by atoms with E-state index in [1.54, 1.807) is 6.92 Å². The van der Waals surface area contributed by atoms with E-state index in [9.17, 15) is 9.90 Å². The average Bonchev–Trinajstić information content (AvgIpc) is 2.72. The van der Waals surface area contributed by atoms with Crippen LogP contribution in [0.3, 0.4) is 0 Å². The Morgan fingerprint density at radius 2 is 2.07 bits per heavy atom. The summed E-state index contributed by atoms with van der Waals surface area (Å²) < 4.78 is 5.96. The molecule has 0 saturated carbocycles. The molecule has 0 fully saturated rings. The molecule has 1 aliphatic rings. The Morgan fingerprint density at radius 1 is 1.28 bits per heavy atom. The van der Waals surface area contributed by atoms with Gasteiger partial charge in [0.25, 0.3) is 0 Å². The van der Waals surface area contributed by atoms with Gasteiger partial charge in [-0.05, 0) is 74.4 Å². The summed E-state index contributed by atoms with van der Waals surface area (Å²) in [6, 6.07) is 16.0. The van der Waals surface area contributed by atoms with Crippen LogP contribution in [-0.2, 0) is 11.2 Å². The first-order valence-corrected chi connectivity index (χ1v) is 9.74.